The summed E-state index contributed by atoms with van der Waals surface area (Å²) < 4.78 is 5.37. The Morgan fingerprint density at radius 3 is 2.56 bits per heavy atom. The van der Waals surface area contributed by atoms with E-state index in [4.69, 9.17) is 4.74 Å². The van der Waals surface area contributed by atoms with Crippen LogP contribution in [0.4, 0.5) is 5.69 Å². The van der Waals surface area contributed by atoms with E-state index in [1.54, 1.807) is 48.5 Å². The normalized spacial score (nSPS) is 12.9. The number of amides is 2. The number of esters is 1. The van der Waals surface area contributed by atoms with Crippen LogP contribution in [0.5, 0.6) is 5.75 Å². The van der Waals surface area contributed by atoms with Crippen LogP contribution in [-0.4, -0.2) is 22.8 Å². The molecular formula is C21H14N2O4. The fourth-order valence-corrected chi connectivity index (χ4v) is 2.92. The summed E-state index contributed by atoms with van der Waals surface area (Å²) in [5, 5.41) is 0. The summed E-state index contributed by atoms with van der Waals surface area (Å²) in [6.07, 6.45) is 1.46. The molecule has 2 heterocycles. The van der Waals surface area contributed by atoms with Crippen LogP contribution in [-0.2, 0) is 0 Å². The van der Waals surface area contributed by atoms with Crippen molar-refractivity contribution in [2.24, 2.45) is 0 Å². The number of carbonyl (C=O) groups excluding carboxylic acids is 3. The number of fused-ring (bicyclic) bond motifs is 1. The van der Waals surface area contributed by atoms with E-state index in [1.165, 1.54) is 12.3 Å². The van der Waals surface area contributed by atoms with Gasteiger partial charge in [-0.2, -0.15) is 0 Å². The maximum Gasteiger partial charge on any atom is 0.343 e. The van der Waals surface area contributed by atoms with E-state index < -0.39 is 17.8 Å². The van der Waals surface area contributed by atoms with Crippen molar-refractivity contribution in [3.63, 3.8) is 0 Å². The number of hydrogen-bond donors (Lipinski definition) is 0. The van der Waals surface area contributed by atoms with Gasteiger partial charge >= 0.3 is 5.97 Å². The van der Waals surface area contributed by atoms with Crippen LogP contribution in [0.25, 0.3) is 0 Å². The number of hydrogen-bond acceptors (Lipinski definition) is 5. The maximum absolute atomic E-state index is 12.6. The third-order valence-electron chi connectivity index (χ3n) is 4.19. The topological polar surface area (TPSA) is 76.6 Å². The molecular weight excluding hydrogens is 344 g/mol. The molecule has 27 heavy (non-hydrogen) atoms. The summed E-state index contributed by atoms with van der Waals surface area (Å²) in [4.78, 5) is 42.6. The third kappa shape index (κ3) is 2.97. The Morgan fingerprint density at radius 2 is 1.78 bits per heavy atom. The molecule has 0 fully saturated rings. The second-order valence-electron chi connectivity index (χ2n) is 6.10. The largest absolute Gasteiger partial charge is 0.423 e. The molecule has 0 atom stereocenters. The minimum Gasteiger partial charge on any atom is -0.423 e. The molecule has 3 aromatic rings. The molecule has 0 radical (unpaired) electrons. The summed E-state index contributed by atoms with van der Waals surface area (Å²) in [6.45, 7) is 1.90. The summed E-state index contributed by atoms with van der Waals surface area (Å²) in [7, 11) is 0. The average molecular weight is 358 g/mol. The van der Waals surface area contributed by atoms with E-state index >= 15 is 0 Å². The van der Waals surface area contributed by atoms with Crippen LogP contribution in [0.3, 0.4) is 0 Å². The SMILES string of the molecule is Cc1cccc(OC(=O)c2cccc(N3C(=O)c4cccnc4C3=O)c2)c1. The first-order valence-electron chi connectivity index (χ1n) is 8.27. The first-order chi connectivity index (χ1) is 13.0. The Labute approximate surface area is 155 Å². The molecule has 6 heteroatoms. The van der Waals surface area contributed by atoms with Gasteiger partial charge in [0, 0.05) is 6.20 Å². The molecule has 0 spiro atoms. The summed E-state index contributed by atoms with van der Waals surface area (Å²) in [5.74, 6) is -1.13. The van der Waals surface area contributed by atoms with Crippen LogP contribution in [0.1, 0.15) is 36.8 Å². The Kier molecular flexibility index (Phi) is 4.01. The van der Waals surface area contributed by atoms with Crippen LogP contribution in [0, 0.1) is 6.92 Å². The van der Waals surface area contributed by atoms with Gasteiger partial charge in [-0.15, -0.1) is 0 Å². The summed E-state index contributed by atoms with van der Waals surface area (Å²) in [5.41, 5.74) is 1.85. The minimum atomic E-state index is -0.572. The highest BCUT2D eigenvalue weighted by molar-refractivity contribution is 6.33. The van der Waals surface area contributed by atoms with E-state index in [0.29, 0.717) is 11.4 Å². The van der Waals surface area contributed by atoms with Crippen LogP contribution in [0.15, 0.2) is 66.9 Å². The molecule has 0 saturated carbocycles. The molecule has 132 valence electrons. The second-order valence-corrected chi connectivity index (χ2v) is 6.10. The number of carbonyl (C=O) groups is 3. The van der Waals surface area contributed by atoms with E-state index in [1.807, 2.05) is 13.0 Å². The van der Waals surface area contributed by atoms with Crippen molar-refractivity contribution in [1.29, 1.82) is 0 Å². The molecule has 0 aliphatic carbocycles. The van der Waals surface area contributed by atoms with Gasteiger partial charge < -0.3 is 4.74 Å². The Hall–Kier alpha value is -3.80. The van der Waals surface area contributed by atoms with E-state index in [-0.39, 0.29) is 16.8 Å². The fraction of sp³-hybridized carbons (Fsp3) is 0.0476. The lowest BCUT2D eigenvalue weighted by atomic mass is 10.2. The monoisotopic (exact) mass is 358 g/mol. The van der Waals surface area contributed by atoms with Crippen LogP contribution < -0.4 is 9.64 Å². The lowest BCUT2D eigenvalue weighted by molar-refractivity contribution is 0.0733. The number of rotatable bonds is 3. The molecule has 4 rings (SSSR count). The van der Waals surface area contributed by atoms with Gasteiger partial charge in [-0.05, 0) is 55.0 Å². The fourth-order valence-electron chi connectivity index (χ4n) is 2.92. The van der Waals surface area contributed by atoms with Crippen molar-refractivity contribution in [3.8, 4) is 5.75 Å². The van der Waals surface area contributed by atoms with Gasteiger partial charge in [0.2, 0.25) is 0 Å². The van der Waals surface area contributed by atoms with Crippen molar-refractivity contribution in [3.05, 3.63) is 89.2 Å². The van der Waals surface area contributed by atoms with Crippen LogP contribution >= 0.6 is 0 Å². The Morgan fingerprint density at radius 1 is 0.963 bits per heavy atom. The zero-order valence-corrected chi connectivity index (χ0v) is 14.4. The predicted octanol–water partition coefficient (Wildman–Crippen LogP) is 3.41. The standard InChI is InChI=1S/C21H14N2O4/c1-13-5-2-8-16(11-13)27-21(26)14-6-3-7-15(12-14)23-19(24)17-9-4-10-22-18(17)20(23)25/h2-12H,1H3. The molecule has 2 amide bonds. The number of pyridine rings is 1. The first-order valence-corrected chi connectivity index (χ1v) is 8.27. The molecule has 1 aromatic heterocycles. The quantitative estimate of drug-likeness (QED) is 0.407. The lowest BCUT2D eigenvalue weighted by Gasteiger charge is -2.14. The highest BCUT2D eigenvalue weighted by Gasteiger charge is 2.37. The molecule has 2 aromatic carbocycles. The first kappa shape index (κ1) is 16.7. The van der Waals surface area contributed by atoms with E-state index in [2.05, 4.69) is 4.98 Å². The van der Waals surface area contributed by atoms with Gasteiger partial charge in [0.1, 0.15) is 11.4 Å². The number of anilines is 1. The van der Waals surface area contributed by atoms with Crippen molar-refractivity contribution in [2.75, 3.05) is 4.90 Å². The van der Waals surface area contributed by atoms with Gasteiger partial charge in [-0.3, -0.25) is 14.6 Å². The summed E-state index contributed by atoms with van der Waals surface area (Å²) in [6, 6.07) is 16.5. The maximum atomic E-state index is 12.6. The smallest absolute Gasteiger partial charge is 0.343 e. The molecule has 0 saturated heterocycles. The van der Waals surface area contributed by atoms with E-state index in [9.17, 15) is 14.4 Å². The number of nitrogens with zero attached hydrogens (tertiary/aromatic N) is 2. The van der Waals surface area contributed by atoms with Crippen molar-refractivity contribution in [2.45, 2.75) is 6.92 Å². The number of aryl methyl sites for hydroxylation is 1. The highest BCUT2D eigenvalue weighted by atomic mass is 16.5. The zero-order valence-electron chi connectivity index (χ0n) is 14.4. The predicted molar refractivity (Wildman–Crippen MR) is 98.0 cm³/mol. The van der Waals surface area contributed by atoms with E-state index in [0.717, 1.165) is 10.5 Å². The number of ether oxygens (including phenoxy) is 1. The van der Waals surface area contributed by atoms with Crippen molar-refractivity contribution >= 4 is 23.5 Å². The minimum absolute atomic E-state index is 0.107. The molecule has 1 aliphatic rings. The van der Waals surface area contributed by atoms with Crippen molar-refractivity contribution in [1.82, 2.24) is 4.98 Å². The number of imide groups is 1. The van der Waals surface area contributed by atoms with Crippen LogP contribution in [0.2, 0.25) is 0 Å². The van der Waals surface area contributed by atoms with Gasteiger partial charge in [0.15, 0.2) is 0 Å². The Balaban J connectivity index is 1.63. The molecule has 0 bridgehead atoms. The number of benzene rings is 2. The third-order valence-corrected chi connectivity index (χ3v) is 4.19. The second kappa shape index (κ2) is 6.49. The Bertz CT molecular complexity index is 1060. The van der Waals surface area contributed by atoms with Gasteiger partial charge in [0.05, 0.1) is 16.8 Å². The molecule has 1 aliphatic heterocycles. The molecule has 0 unspecified atom stereocenters. The zero-order chi connectivity index (χ0) is 19.0. The van der Waals surface area contributed by atoms with Gasteiger partial charge in [0.25, 0.3) is 11.8 Å². The van der Waals surface area contributed by atoms with Gasteiger partial charge in [-0.1, -0.05) is 18.2 Å². The van der Waals surface area contributed by atoms with Crippen molar-refractivity contribution < 1.29 is 19.1 Å². The molecule has 6 nitrogen and oxygen atoms in total. The average Bonchev–Trinajstić information content (AvgIpc) is 2.93. The summed E-state index contributed by atoms with van der Waals surface area (Å²) >= 11 is 0. The lowest BCUT2D eigenvalue weighted by Crippen LogP contribution is -2.29. The number of aromatic nitrogens is 1. The molecule has 0 N–H and O–H groups in total. The van der Waals surface area contributed by atoms with Gasteiger partial charge in [-0.25, -0.2) is 9.69 Å². The highest BCUT2D eigenvalue weighted by Crippen LogP contribution is 2.28.